The average Bonchev–Trinajstić information content (AvgIpc) is 2.24. The van der Waals surface area contributed by atoms with Crippen LogP contribution in [0.15, 0.2) is 23.1 Å². The Kier molecular flexibility index (Phi) is 6.14. The van der Waals surface area contributed by atoms with E-state index in [-0.39, 0.29) is 23.1 Å². The van der Waals surface area contributed by atoms with Gasteiger partial charge >= 0.3 is 0 Å². The second-order valence-electron chi connectivity index (χ2n) is 3.69. The van der Waals surface area contributed by atoms with E-state index in [9.17, 15) is 8.42 Å². The Labute approximate surface area is 113 Å². The number of nitrogen functional groups attached to an aromatic ring is 1. The zero-order valence-electron chi connectivity index (χ0n) is 10.3. The maximum atomic E-state index is 11.4. The molecule has 0 saturated carbocycles. The third kappa shape index (κ3) is 4.19. The molecule has 0 amide bonds. The lowest BCUT2D eigenvalue weighted by Crippen LogP contribution is -2.14. The van der Waals surface area contributed by atoms with Crippen molar-refractivity contribution in [3.05, 3.63) is 23.8 Å². The van der Waals surface area contributed by atoms with E-state index in [1.807, 2.05) is 6.92 Å². The van der Waals surface area contributed by atoms with Gasteiger partial charge < -0.3 is 10.5 Å². The van der Waals surface area contributed by atoms with Crippen LogP contribution in [0.25, 0.3) is 0 Å². The first kappa shape index (κ1) is 16.7. The molecular formula is C11H17ClN2O3S. The van der Waals surface area contributed by atoms with Crippen molar-refractivity contribution in [1.29, 1.82) is 5.41 Å². The van der Waals surface area contributed by atoms with E-state index in [1.54, 1.807) is 0 Å². The summed E-state index contributed by atoms with van der Waals surface area (Å²) in [6, 6.07) is 4.35. The number of sulfone groups is 1. The molecule has 7 heteroatoms. The maximum absolute atomic E-state index is 11.4. The summed E-state index contributed by atoms with van der Waals surface area (Å²) in [6.07, 6.45) is 1.93. The quantitative estimate of drug-likeness (QED) is 0.636. The zero-order valence-corrected chi connectivity index (χ0v) is 11.9. The van der Waals surface area contributed by atoms with Crippen molar-refractivity contribution in [3.63, 3.8) is 0 Å². The minimum Gasteiger partial charge on any atom is -0.493 e. The molecule has 0 fully saturated rings. The van der Waals surface area contributed by atoms with Crippen molar-refractivity contribution < 1.29 is 13.2 Å². The molecule has 0 heterocycles. The van der Waals surface area contributed by atoms with E-state index < -0.39 is 9.84 Å². The van der Waals surface area contributed by atoms with Gasteiger partial charge in [0.15, 0.2) is 9.84 Å². The number of rotatable bonds is 5. The zero-order chi connectivity index (χ0) is 13.1. The predicted octanol–water partition coefficient (Wildman–Crippen LogP) is 1.58. The maximum Gasteiger partial charge on any atom is 0.175 e. The second kappa shape index (κ2) is 6.61. The topological polar surface area (TPSA) is 93.2 Å². The molecule has 0 aliphatic heterocycles. The van der Waals surface area contributed by atoms with Gasteiger partial charge in [-0.25, -0.2) is 8.42 Å². The highest BCUT2D eigenvalue weighted by molar-refractivity contribution is 7.90. The number of nitrogens with two attached hydrogens (primary N) is 1. The molecule has 0 radical (unpaired) electrons. The van der Waals surface area contributed by atoms with Gasteiger partial charge in [-0.1, -0.05) is 6.92 Å². The molecule has 0 aromatic heterocycles. The van der Waals surface area contributed by atoms with Crippen molar-refractivity contribution in [2.24, 2.45) is 5.73 Å². The lowest BCUT2D eigenvalue weighted by molar-refractivity contribution is 0.316. The molecule has 3 N–H and O–H groups in total. The molecule has 18 heavy (non-hydrogen) atoms. The monoisotopic (exact) mass is 292 g/mol. The Morgan fingerprint density at radius 1 is 1.44 bits per heavy atom. The van der Waals surface area contributed by atoms with Gasteiger partial charge in [-0.3, -0.25) is 5.41 Å². The van der Waals surface area contributed by atoms with E-state index in [0.717, 1.165) is 12.7 Å². The Bertz CT molecular complexity index is 529. The lowest BCUT2D eigenvalue weighted by Gasteiger charge is -2.11. The van der Waals surface area contributed by atoms with E-state index in [1.165, 1.54) is 18.2 Å². The van der Waals surface area contributed by atoms with Gasteiger partial charge in [0.1, 0.15) is 11.6 Å². The molecular weight excluding hydrogens is 276 g/mol. The Hall–Kier alpha value is -1.27. The number of halogens is 1. The first-order valence-corrected chi connectivity index (χ1v) is 7.06. The van der Waals surface area contributed by atoms with Crippen LogP contribution in [-0.2, 0) is 9.84 Å². The number of amidine groups is 1. The molecule has 102 valence electrons. The van der Waals surface area contributed by atoms with Crippen LogP contribution in [0.1, 0.15) is 18.9 Å². The summed E-state index contributed by atoms with van der Waals surface area (Å²) in [5, 5.41) is 7.42. The number of benzene rings is 1. The van der Waals surface area contributed by atoms with Crippen molar-refractivity contribution >= 4 is 28.1 Å². The van der Waals surface area contributed by atoms with Crippen molar-refractivity contribution in [3.8, 4) is 5.75 Å². The minimum absolute atomic E-state index is 0. The summed E-state index contributed by atoms with van der Waals surface area (Å²) in [6.45, 7) is 2.46. The van der Waals surface area contributed by atoms with Gasteiger partial charge in [0.25, 0.3) is 0 Å². The molecule has 0 bridgehead atoms. The highest BCUT2D eigenvalue weighted by Crippen LogP contribution is 2.22. The van der Waals surface area contributed by atoms with Gasteiger partial charge in [-0.15, -0.1) is 12.4 Å². The van der Waals surface area contributed by atoms with Crippen LogP contribution in [0.2, 0.25) is 0 Å². The van der Waals surface area contributed by atoms with Crippen LogP contribution in [0.3, 0.4) is 0 Å². The standard InChI is InChI=1S/C11H16N2O3S.ClH/c1-3-6-16-10-5-4-8(17(2,14)15)7-9(10)11(12)13;/h4-5,7H,3,6H2,1-2H3,(H3,12,13);1H. The molecule has 1 aromatic rings. The van der Waals surface area contributed by atoms with E-state index >= 15 is 0 Å². The Balaban J connectivity index is 0.00000289. The summed E-state index contributed by atoms with van der Waals surface area (Å²) in [5.41, 5.74) is 5.71. The second-order valence-corrected chi connectivity index (χ2v) is 5.71. The van der Waals surface area contributed by atoms with Crippen LogP contribution in [0.4, 0.5) is 0 Å². The van der Waals surface area contributed by atoms with Gasteiger partial charge in [-0.2, -0.15) is 0 Å². The first-order chi connectivity index (χ1) is 7.86. The van der Waals surface area contributed by atoms with Gasteiger partial charge in [0, 0.05) is 6.26 Å². The van der Waals surface area contributed by atoms with E-state index in [0.29, 0.717) is 17.9 Å². The number of hydrogen-bond acceptors (Lipinski definition) is 4. The molecule has 0 atom stereocenters. The molecule has 1 aromatic carbocycles. The van der Waals surface area contributed by atoms with Crippen LogP contribution in [-0.4, -0.2) is 27.1 Å². The van der Waals surface area contributed by atoms with Crippen LogP contribution in [0, 0.1) is 5.41 Å². The van der Waals surface area contributed by atoms with Crippen molar-refractivity contribution in [2.45, 2.75) is 18.2 Å². The Morgan fingerprint density at radius 3 is 2.50 bits per heavy atom. The van der Waals surface area contributed by atoms with Gasteiger partial charge in [0.2, 0.25) is 0 Å². The number of hydrogen-bond donors (Lipinski definition) is 2. The Morgan fingerprint density at radius 2 is 2.06 bits per heavy atom. The van der Waals surface area contributed by atoms with Gasteiger partial charge in [0.05, 0.1) is 17.1 Å². The van der Waals surface area contributed by atoms with Crippen LogP contribution < -0.4 is 10.5 Å². The summed E-state index contributed by atoms with van der Waals surface area (Å²) in [5.74, 6) is 0.230. The predicted molar refractivity (Wildman–Crippen MR) is 73.6 cm³/mol. The molecule has 0 spiro atoms. The molecule has 0 aliphatic rings. The van der Waals surface area contributed by atoms with Crippen molar-refractivity contribution in [1.82, 2.24) is 0 Å². The molecule has 5 nitrogen and oxygen atoms in total. The van der Waals surface area contributed by atoms with E-state index in [2.05, 4.69) is 0 Å². The smallest absolute Gasteiger partial charge is 0.175 e. The highest BCUT2D eigenvalue weighted by Gasteiger charge is 2.13. The fourth-order valence-corrected chi connectivity index (χ4v) is 1.94. The lowest BCUT2D eigenvalue weighted by atomic mass is 10.2. The molecule has 0 saturated heterocycles. The highest BCUT2D eigenvalue weighted by atomic mass is 35.5. The van der Waals surface area contributed by atoms with Crippen LogP contribution >= 0.6 is 12.4 Å². The largest absolute Gasteiger partial charge is 0.493 e. The summed E-state index contributed by atoms with van der Waals surface area (Å²) in [4.78, 5) is 0.131. The normalized spacial score (nSPS) is 10.6. The fourth-order valence-electron chi connectivity index (χ4n) is 1.29. The summed E-state index contributed by atoms with van der Waals surface area (Å²) >= 11 is 0. The SMILES string of the molecule is CCCOc1ccc(S(C)(=O)=O)cc1C(=N)N.Cl. The third-order valence-electron chi connectivity index (χ3n) is 2.13. The third-order valence-corrected chi connectivity index (χ3v) is 3.24. The first-order valence-electron chi connectivity index (χ1n) is 5.17. The molecule has 1 rings (SSSR count). The van der Waals surface area contributed by atoms with E-state index in [4.69, 9.17) is 15.9 Å². The minimum atomic E-state index is -3.30. The van der Waals surface area contributed by atoms with Crippen LogP contribution in [0.5, 0.6) is 5.75 Å². The number of ether oxygens (including phenoxy) is 1. The summed E-state index contributed by atoms with van der Waals surface area (Å²) < 4.78 is 28.2. The van der Waals surface area contributed by atoms with Crippen molar-refractivity contribution in [2.75, 3.05) is 12.9 Å². The fraction of sp³-hybridized carbons (Fsp3) is 0.364. The average molecular weight is 293 g/mol. The summed E-state index contributed by atoms with van der Waals surface area (Å²) in [7, 11) is -3.30. The molecule has 0 aliphatic carbocycles. The van der Waals surface area contributed by atoms with Gasteiger partial charge in [-0.05, 0) is 24.6 Å². The molecule has 0 unspecified atom stereocenters. The number of nitrogens with one attached hydrogen (secondary N) is 1.